The Bertz CT molecular complexity index is 1090. The molecule has 1 saturated heterocycles. The third-order valence-corrected chi connectivity index (χ3v) is 5.30. The van der Waals surface area contributed by atoms with E-state index in [1.807, 2.05) is 47.4 Å². The number of nitrogens with one attached hydrogen (secondary N) is 1. The molecule has 1 atom stereocenters. The van der Waals surface area contributed by atoms with Crippen molar-refractivity contribution in [1.29, 1.82) is 0 Å². The van der Waals surface area contributed by atoms with Crippen LogP contribution in [0.3, 0.4) is 0 Å². The van der Waals surface area contributed by atoms with Gasteiger partial charge in [0, 0.05) is 41.7 Å². The molecule has 1 aliphatic heterocycles. The van der Waals surface area contributed by atoms with Crippen molar-refractivity contribution in [2.45, 2.75) is 25.5 Å². The maximum atomic E-state index is 5.98. The first kappa shape index (κ1) is 17.0. The van der Waals surface area contributed by atoms with Crippen molar-refractivity contribution in [2.75, 3.05) is 13.7 Å². The van der Waals surface area contributed by atoms with Crippen molar-refractivity contribution in [1.82, 2.24) is 19.7 Å². The number of hydrogen-bond acceptors (Lipinski definition) is 4. The van der Waals surface area contributed by atoms with E-state index in [-0.39, 0.29) is 6.23 Å². The summed E-state index contributed by atoms with van der Waals surface area (Å²) in [5.74, 6) is 0.831. The summed E-state index contributed by atoms with van der Waals surface area (Å²) in [5.41, 5.74) is 5.04. The molecule has 4 heterocycles. The Morgan fingerprint density at radius 3 is 2.79 bits per heavy atom. The van der Waals surface area contributed by atoms with Crippen LogP contribution in [0, 0.1) is 0 Å². The van der Waals surface area contributed by atoms with Crippen molar-refractivity contribution in [2.24, 2.45) is 0 Å². The molecule has 1 N–H and O–H groups in total. The molecule has 0 saturated carbocycles. The Hall–Kier alpha value is -3.12. The van der Waals surface area contributed by atoms with Crippen LogP contribution in [0.2, 0.25) is 0 Å². The molecule has 1 unspecified atom stereocenters. The van der Waals surface area contributed by atoms with Gasteiger partial charge in [-0.05, 0) is 61.2 Å². The second-order valence-electron chi connectivity index (χ2n) is 7.02. The van der Waals surface area contributed by atoms with Crippen LogP contribution in [0.4, 0.5) is 0 Å². The molecule has 1 fully saturated rings. The third kappa shape index (κ3) is 2.96. The summed E-state index contributed by atoms with van der Waals surface area (Å²) in [6, 6.07) is 12.1. The number of ether oxygens (including phenoxy) is 2. The third-order valence-electron chi connectivity index (χ3n) is 5.30. The molecule has 28 heavy (non-hydrogen) atoms. The Morgan fingerprint density at radius 2 is 2.00 bits per heavy atom. The maximum Gasteiger partial charge on any atom is 0.150 e. The van der Waals surface area contributed by atoms with Gasteiger partial charge >= 0.3 is 0 Å². The number of aromatic nitrogens is 4. The van der Waals surface area contributed by atoms with E-state index in [0.29, 0.717) is 0 Å². The average Bonchev–Trinajstić information content (AvgIpc) is 3.42. The Kier molecular flexibility index (Phi) is 4.33. The highest BCUT2D eigenvalue weighted by Gasteiger charge is 2.22. The monoisotopic (exact) mass is 374 g/mol. The predicted molar refractivity (Wildman–Crippen MR) is 108 cm³/mol. The van der Waals surface area contributed by atoms with Gasteiger partial charge in [0.25, 0.3) is 0 Å². The molecule has 1 aromatic carbocycles. The molecule has 3 aromatic heterocycles. The van der Waals surface area contributed by atoms with Crippen molar-refractivity contribution >= 4 is 11.0 Å². The molecular weight excluding hydrogens is 352 g/mol. The van der Waals surface area contributed by atoms with Crippen molar-refractivity contribution in [3.8, 4) is 28.1 Å². The Balaban J connectivity index is 1.67. The van der Waals surface area contributed by atoms with Crippen LogP contribution in [-0.2, 0) is 4.74 Å². The zero-order chi connectivity index (χ0) is 18.9. The van der Waals surface area contributed by atoms with Crippen LogP contribution < -0.4 is 4.74 Å². The van der Waals surface area contributed by atoms with Crippen LogP contribution in [0.25, 0.3) is 33.4 Å². The SMILES string of the molecule is COc1ccc(-c2nn(C3CCCCO3)cc2-c2ccnc3[nH]ccc23)cc1. The van der Waals surface area contributed by atoms with Gasteiger partial charge in [-0.1, -0.05) is 0 Å². The number of nitrogens with zero attached hydrogens (tertiary/aromatic N) is 3. The van der Waals surface area contributed by atoms with Gasteiger partial charge in [0.05, 0.1) is 7.11 Å². The first-order valence-electron chi connectivity index (χ1n) is 9.61. The topological polar surface area (TPSA) is 65.0 Å². The highest BCUT2D eigenvalue weighted by Crippen LogP contribution is 2.37. The Morgan fingerprint density at radius 1 is 1.11 bits per heavy atom. The molecule has 0 bridgehead atoms. The minimum atomic E-state index is -0.0111. The smallest absolute Gasteiger partial charge is 0.150 e. The van der Waals surface area contributed by atoms with E-state index in [1.165, 1.54) is 0 Å². The molecule has 0 spiro atoms. The average molecular weight is 374 g/mol. The number of methoxy groups -OCH3 is 1. The molecule has 6 heteroatoms. The minimum Gasteiger partial charge on any atom is -0.497 e. The lowest BCUT2D eigenvalue weighted by atomic mass is 10.0. The first-order valence-corrected chi connectivity index (χ1v) is 9.61. The van der Waals surface area contributed by atoms with Gasteiger partial charge < -0.3 is 14.5 Å². The second-order valence-corrected chi connectivity index (χ2v) is 7.02. The number of fused-ring (bicyclic) bond motifs is 1. The van der Waals surface area contributed by atoms with Crippen LogP contribution in [0.5, 0.6) is 5.75 Å². The summed E-state index contributed by atoms with van der Waals surface area (Å²) in [6.07, 6.45) is 9.11. The number of H-pyrrole nitrogens is 1. The summed E-state index contributed by atoms with van der Waals surface area (Å²) >= 11 is 0. The number of rotatable bonds is 4. The van der Waals surface area contributed by atoms with E-state index < -0.39 is 0 Å². The van der Waals surface area contributed by atoms with Crippen LogP contribution in [-0.4, -0.2) is 33.5 Å². The zero-order valence-corrected chi connectivity index (χ0v) is 15.8. The number of hydrogen-bond donors (Lipinski definition) is 1. The Labute approximate surface area is 163 Å². The summed E-state index contributed by atoms with van der Waals surface area (Å²) < 4.78 is 13.3. The fraction of sp³-hybridized carbons (Fsp3) is 0.273. The fourth-order valence-corrected chi connectivity index (χ4v) is 3.83. The van der Waals surface area contributed by atoms with Gasteiger partial charge in [0.15, 0.2) is 0 Å². The zero-order valence-electron chi connectivity index (χ0n) is 15.8. The quantitative estimate of drug-likeness (QED) is 0.557. The molecule has 0 amide bonds. The summed E-state index contributed by atoms with van der Waals surface area (Å²) in [4.78, 5) is 7.62. The largest absolute Gasteiger partial charge is 0.497 e. The van der Waals surface area contributed by atoms with Gasteiger partial charge in [-0.2, -0.15) is 5.10 Å². The molecule has 142 valence electrons. The molecule has 0 aliphatic carbocycles. The van der Waals surface area contributed by atoms with E-state index in [9.17, 15) is 0 Å². The molecule has 6 nitrogen and oxygen atoms in total. The lowest BCUT2D eigenvalue weighted by Gasteiger charge is -2.22. The van der Waals surface area contributed by atoms with Gasteiger partial charge in [-0.15, -0.1) is 0 Å². The standard InChI is InChI=1S/C22H22N4O2/c1-27-16-7-5-15(6-8-16)21-19(14-26(25-21)20-4-2-3-13-28-20)17-9-11-23-22-18(17)10-12-24-22/h5-12,14,20H,2-4,13H2,1H3,(H,23,24). The molecular formula is C22H22N4O2. The lowest BCUT2D eigenvalue weighted by Crippen LogP contribution is -2.18. The number of aromatic amines is 1. The van der Waals surface area contributed by atoms with Crippen molar-refractivity contribution in [3.63, 3.8) is 0 Å². The number of pyridine rings is 1. The van der Waals surface area contributed by atoms with Gasteiger partial charge in [0.2, 0.25) is 0 Å². The van der Waals surface area contributed by atoms with E-state index in [1.54, 1.807) is 7.11 Å². The normalized spacial score (nSPS) is 17.1. The summed E-state index contributed by atoms with van der Waals surface area (Å²) in [5, 5.41) is 6.03. The number of benzene rings is 1. The van der Waals surface area contributed by atoms with E-state index >= 15 is 0 Å². The van der Waals surface area contributed by atoms with Crippen LogP contribution in [0.1, 0.15) is 25.5 Å². The van der Waals surface area contributed by atoms with Crippen molar-refractivity contribution < 1.29 is 9.47 Å². The lowest BCUT2D eigenvalue weighted by molar-refractivity contribution is -0.0393. The van der Waals surface area contributed by atoms with E-state index in [4.69, 9.17) is 14.6 Å². The first-order chi connectivity index (χ1) is 13.8. The van der Waals surface area contributed by atoms with E-state index in [0.717, 1.165) is 65.0 Å². The highest BCUT2D eigenvalue weighted by atomic mass is 16.5. The highest BCUT2D eigenvalue weighted by molar-refractivity contribution is 5.96. The second kappa shape index (κ2) is 7.13. The van der Waals surface area contributed by atoms with Gasteiger partial charge in [-0.25, -0.2) is 9.67 Å². The maximum absolute atomic E-state index is 5.98. The van der Waals surface area contributed by atoms with Crippen LogP contribution >= 0.6 is 0 Å². The summed E-state index contributed by atoms with van der Waals surface area (Å²) in [7, 11) is 1.68. The molecule has 0 radical (unpaired) electrons. The molecule has 4 aromatic rings. The van der Waals surface area contributed by atoms with E-state index in [2.05, 4.69) is 22.2 Å². The van der Waals surface area contributed by atoms with Gasteiger partial charge in [-0.3, -0.25) is 0 Å². The minimum absolute atomic E-state index is 0.0111. The van der Waals surface area contributed by atoms with Crippen molar-refractivity contribution in [3.05, 3.63) is 55.0 Å². The van der Waals surface area contributed by atoms with Crippen LogP contribution in [0.15, 0.2) is 55.0 Å². The molecule has 5 rings (SSSR count). The van der Waals surface area contributed by atoms with Gasteiger partial charge in [0.1, 0.15) is 23.3 Å². The fourth-order valence-electron chi connectivity index (χ4n) is 3.83. The molecule has 1 aliphatic rings. The predicted octanol–water partition coefficient (Wildman–Crippen LogP) is 4.80. The summed E-state index contributed by atoms with van der Waals surface area (Å²) in [6.45, 7) is 0.787.